The van der Waals surface area contributed by atoms with Crippen LogP contribution in [0.15, 0.2) is 53.4 Å². The van der Waals surface area contributed by atoms with Gasteiger partial charge in [0, 0.05) is 18.0 Å². The molecule has 2 amide bonds. The van der Waals surface area contributed by atoms with Crippen molar-refractivity contribution in [1.82, 2.24) is 0 Å². The predicted molar refractivity (Wildman–Crippen MR) is 100 cm³/mol. The molecule has 6 nitrogen and oxygen atoms in total. The van der Waals surface area contributed by atoms with Gasteiger partial charge in [0.05, 0.1) is 16.3 Å². The molecular formula is C18H17ClN2O4S. The molecular weight excluding hydrogens is 376 g/mol. The normalized spacial score (nSPS) is 14.5. The van der Waals surface area contributed by atoms with Crippen LogP contribution in [0.4, 0.5) is 11.4 Å². The number of rotatable bonds is 5. The van der Waals surface area contributed by atoms with Gasteiger partial charge in [-0.2, -0.15) is 0 Å². The third kappa shape index (κ3) is 4.05. The second-order valence-electron chi connectivity index (χ2n) is 5.93. The third-order valence-corrected chi connectivity index (χ3v) is 5.92. The van der Waals surface area contributed by atoms with Crippen molar-refractivity contribution in [3.63, 3.8) is 0 Å². The first-order valence-electron chi connectivity index (χ1n) is 8.04. The van der Waals surface area contributed by atoms with Gasteiger partial charge in [-0.3, -0.25) is 9.59 Å². The lowest BCUT2D eigenvalue weighted by Crippen LogP contribution is -2.27. The smallest absolute Gasteiger partial charge is 0.240 e. The lowest BCUT2D eigenvalue weighted by Gasteiger charge is -2.20. The molecule has 0 radical (unpaired) electrons. The molecule has 3 rings (SSSR count). The van der Waals surface area contributed by atoms with Gasteiger partial charge in [-0.1, -0.05) is 23.7 Å². The monoisotopic (exact) mass is 392 g/mol. The Balaban J connectivity index is 1.76. The van der Waals surface area contributed by atoms with Gasteiger partial charge in [0.1, 0.15) is 5.75 Å². The molecule has 1 saturated heterocycles. The van der Waals surface area contributed by atoms with Crippen molar-refractivity contribution in [3.8, 4) is 0 Å². The van der Waals surface area contributed by atoms with Gasteiger partial charge >= 0.3 is 0 Å². The molecule has 1 fully saturated rings. The maximum Gasteiger partial charge on any atom is 0.240 e. The van der Waals surface area contributed by atoms with Crippen LogP contribution >= 0.6 is 11.6 Å². The predicted octanol–water partition coefficient (Wildman–Crippen LogP) is 2.88. The minimum Gasteiger partial charge on any atom is -0.323 e. The summed E-state index contributed by atoms with van der Waals surface area (Å²) in [4.78, 5) is 25.9. The minimum absolute atomic E-state index is 0.0134. The van der Waals surface area contributed by atoms with Crippen LogP contribution in [0.2, 0.25) is 5.02 Å². The Labute approximate surface area is 156 Å². The van der Waals surface area contributed by atoms with Gasteiger partial charge in [0.25, 0.3) is 0 Å². The molecule has 0 bridgehead atoms. The van der Waals surface area contributed by atoms with E-state index in [2.05, 4.69) is 5.32 Å². The minimum atomic E-state index is -3.79. The highest BCUT2D eigenvalue weighted by molar-refractivity contribution is 7.92. The Bertz CT molecular complexity index is 942. The number of anilines is 2. The molecule has 0 unspecified atom stereocenters. The fraction of sp³-hybridized carbons (Fsp3) is 0.222. The topological polar surface area (TPSA) is 83.6 Å². The van der Waals surface area contributed by atoms with Crippen LogP contribution in [0.25, 0.3) is 0 Å². The van der Waals surface area contributed by atoms with Gasteiger partial charge < -0.3 is 10.2 Å². The van der Waals surface area contributed by atoms with Crippen LogP contribution in [-0.2, 0) is 19.4 Å². The van der Waals surface area contributed by atoms with Crippen molar-refractivity contribution in [2.24, 2.45) is 0 Å². The molecule has 0 atom stereocenters. The Hall–Kier alpha value is -2.38. The Morgan fingerprint density at radius 3 is 2.46 bits per heavy atom. The van der Waals surface area contributed by atoms with Gasteiger partial charge in [-0.05, 0) is 42.8 Å². The highest BCUT2D eigenvalue weighted by Crippen LogP contribution is 2.29. The maximum atomic E-state index is 12.4. The highest BCUT2D eigenvalue weighted by atomic mass is 35.5. The largest absolute Gasteiger partial charge is 0.323 e. The van der Waals surface area contributed by atoms with Crippen molar-refractivity contribution in [2.75, 3.05) is 22.5 Å². The zero-order valence-electron chi connectivity index (χ0n) is 13.8. The molecule has 1 heterocycles. The molecule has 1 aliphatic heterocycles. The summed E-state index contributed by atoms with van der Waals surface area (Å²) in [6.07, 6.45) is 1.22. The SMILES string of the molecule is O=C(CS(=O)(=O)c1ccc(Cl)cc1)Nc1ccccc1N1CCCC1=O. The Morgan fingerprint density at radius 1 is 1.12 bits per heavy atom. The van der Waals surface area contributed by atoms with Crippen molar-refractivity contribution >= 4 is 44.6 Å². The van der Waals surface area contributed by atoms with Crippen LogP contribution in [0.5, 0.6) is 0 Å². The number of halogens is 1. The van der Waals surface area contributed by atoms with Crippen LogP contribution in [-0.4, -0.2) is 32.5 Å². The van der Waals surface area contributed by atoms with E-state index in [9.17, 15) is 18.0 Å². The van der Waals surface area contributed by atoms with Gasteiger partial charge in [0.15, 0.2) is 9.84 Å². The summed E-state index contributed by atoms with van der Waals surface area (Å²) in [5.74, 6) is -1.38. The Kier molecular flexibility index (Phi) is 5.29. The maximum absolute atomic E-state index is 12.4. The number of nitrogens with zero attached hydrogens (tertiary/aromatic N) is 1. The number of benzene rings is 2. The van der Waals surface area contributed by atoms with Crippen molar-refractivity contribution in [1.29, 1.82) is 0 Å². The fourth-order valence-corrected chi connectivity index (χ4v) is 4.06. The fourth-order valence-electron chi connectivity index (χ4n) is 2.80. The summed E-state index contributed by atoms with van der Waals surface area (Å²) < 4.78 is 24.7. The van der Waals surface area contributed by atoms with E-state index in [0.717, 1.165) is 6.42 Å². The molecule has 8 heteroatoms. The average molecular weight is 393 g/mol. The lowest BCUT2D eigenvalue weighted by atomic mass is 10.2. The van der Waals surface area contributed by atoms with E-state index in [4.69, 9.17) is 11.6 Å². The number of carbonyl (C=O) groups excluding carboxylic acids is 2. The van der Waals surface area contributed by atoms with E-state index in [-0.39, 0.29) is 10.8 Å². The number of hydrogen-bond acceptors (Lipinski definition) is 4. The number of amides is 2. The molecule has 1 aliphatic rings. The molecule has 2 aromatic rings. The number of para-hydroxylation sites is 2. The zero-order valence-corrected chi connectivity index (χ0v) is 15.4. The molecule has 0 aliphatic carbocycles. The standard InChI is InChI=1S/C18H17ClN2O4S/c19-13-7-9-14(10-8-13)26(24,25)12-17(22)20-15-4-1-2-5-16(15)21-11-3-6-18(21)23/h1-2,4-5,7-10H,3,6,11-12H2,(H,20,22). The quantitative estimate of drug-likeness (QED) is 0.848. The van der Waals surface area contributed by atoms with E-state index in [1.54, 1.807) is 29.2 Å². The molecule has 0 aromatic heterocycles. The lowest BCUT2D eigenvalue weighted by molar-refractivity contribution is -0.117. The van der Waals surface area contributed by atoms with Gasteiger partial charge in [0.2, 0.25) is 11.8 Å². The van der Waals surface area contributed by atoms with E-state index >= 15 is 0 Å². The molecule has 0 spiro atoms. The summed E-state index contributed by atoms with van der Waals surface area (Å²) in [6, 6.07) is 12.5. The number of nitrogens with one attached hydrogen (secondary N) is 1. The third-order valence-electron chi connectivity index (χ3n) is 4.04. The van der Waals surface area contributed by atoms with Crippen LogP contribution in [0.3, 0.4) is 0 Å². The first kappa shape index (κ1) is 18.4. The van der Waals surface area contributed by atoms with Crippen molar-refractivity contribution in [3.05, 3.63) is 53.6 Å². The van der Waals surface area contributed by atoms with Crippen LogP contribution < -0.4 is 10.2 Å². The van der Waals surface area contributed by atoms with E-state index in [1.165, 1.54) is 24.3 Å². The first-order valence-corrected chi connectivity index (χ1v) is 10.1. The number of sulfone groups is 1. The molecule has 26 heavy (non-hydrogen) atoms. The van der Waals surface area contributed by atoms with E-state index < -0.39 is 21.5 Å². The average Bonchev–Trinajstić information content (AvgIpc) is 3.01. The summed E-state index contributed by atoms with van der Waals surface area (Å²) in [7, 11) is -3.79. The highest BCUT2D eigenvalue weighted by Gasteiger charge is 2.25. The van der Waals surface area contributed by atoms with Gasteiger partial charge in [-0.15, -0.1) is 0 Å². The summed E-state index contributed by atoms with van der Waals surface area (Å²) in [5.41, 5.74) is 0.992. The van der Waals surface area contributed by atoms with Gasteiger partial charge in [-0.25, -0.2) is 8.42 Å². The summed E-state index contributed by atoms with van der Waals surface area (Å²) in [6.45, 7) is 0.578. The zero-order chi connectivity index (χ0) is 18.7. The second kappa shape index (κ2) is 7.47. The van der Waals surface area contributed by atoms with Crippen LogP contribution in [0, 0.1) is 0 Å². The number of carbonyl (C=O) groups is 2. The molecule has 1 N–H and O–H groups in total. The number of hydrogen-bond donors (Lipinski definition) is 1. The van der Waals surface area contributed by atoms with E-state index in [1.807, 2.05) is 0 Å². The molecule has 136 valence electrons. The van der Waals surface area contributed by atoms with Crippen molar-refractivity contribution in [2.45, 2.75) is 17.7 Å². The molecule has 0 saturated carbocycles. The second-order valence-corrected chi connectivity index (χ2v) is 8.35. The molecule has 2 aromatic carbocycles. The summed E-state index contributed by atoms with van der Waals surface area (Å²) in [5, 5.41) is 3.02. The summed E-state index contributed by atoms with van der Waals surface area (Å²) >= 11 is 5.76. The first-order chi connectivity index (χ1) is 12.4. The van der Waals surface area contributed by atoms with Crippen molar-refractivity contribution < 1.29 is 18.0 Å². The Morgan fingerprint density at radius 2 is 1.81 bits per heavy atom. The van der Waals surface area contributed by atoms with Crippen LogP contribution in [0.1, 0.15) is 12.8 Å². The van der Waals surface area contributed by atoms with E-state index in [0.29, 0.717) is 29.4 Å².